The number of pyridine rings is 2. The zero-order valence-electron chi connectivity index (χ0n) is 16.5. The molecule has 0 aliphatic carbocycles. The zero-order valence-corrected chi connectivity index (χ0v) is 16.5. The van der Waals surface area contributed by atoms with Crippen molar-refractivity contribution in [2.45, 2.75) is 13.5 Å². The van der Waals surface area contributed by atoms with Gasteiger partial charge in [-0.15, -0.1) is 0 Å². The summed E-state index contributed by atoms with van der Waals surface area (Å²) in [7, 11) is 0. The highest BCUT2D eigenvalue weighted by molar-refractivity contribution is 5.95. The van der Waals surface area contributed by atoms with Gasteiger partial charge in [0.15, 0.2) is 0 Å². The molecule has 0 saturated carbocycles. The van der Waals surface area contributed by atoms with Crippen molar-refractivity contribution < 1.29 is 9.53 Å². The number of nitrogens with one attached hydrogen (secondary N) is 1. The zero-order chi connectivity index (χ0) is 20.1. The van der Waals surface area contributed by atoms with Gasteiger partial charge in [-0.25, -0.2) is 4.98 Å². The first-order chi connectivity index (χ1) is 14.2. The molecule has 1 aliphatic rings. The Hall–Kier alpha value is -3.25. The van der Waals surface area contributed by atoms with E-state index >= 15 is 0 Å². The number of hydrogen-bond donors (Lipinski definition) is 1. The lowest BCUT2D eigenvalue weighted by molar-refractivity contribution is 0.0949. The van der Waals surface area contributed by atoms with Crippen molar-refractivity contribution in [3.8, 4) is 11.3 Å². The maximum absolute atomic E-state index is 12.8. The standard InChI is InChI=1S/C23H24N4O2/c1-17-20(9-10-21(26-17)18-6-3-2-4-7-18)23(28)25-16-19-8-5-11-24-22(19)27-12-14-29-15-13-27/h2-11H,12-16H2,1H3,(H,25,28). The number of anilines is 1. The van der Waals surface area contributed by atoms with Crippen molar-refractivity contribution in [2.24, 2.45) is 0 Å². The van der Waals surface area contributed by atoms with Crippen LogP contribution in [0, 0.1) is 6.92 Å². The fourth-order valence-electron chi connectivity index (χ4n) is 3.47. The highest BCUT2D eigenvalue weighted by atomic mass is 16.5. The van der Waals surface area contributed by atoms with Crippen LogP contribution in [-0.4, -0.2) is 42.2 Å². The number of carbonyl (C=O) groups is 1. The van der Waals surface area contributed by atoms with Crippen molar-refractivity contribution in [3.05, 3.63) is 77.6 Å². The van der Waals surface area contributed by atoms with Crippen LogP contribution < -0.4 is 10.2 Å². The molecule has 1 fully saturated rings. The highest BCUT2D eigenvalue weighted by Crippen LogP contribution is 2.20. The van der Waals surface area contributed by atoms with E-state index in [2.05, 4.69) is 20.2 Å². The van der Waals surface area contributed by atoms with Crippen LogP contribution in [0.5, 0.6) is 0 Å². The van der Waals surface area contributed by atoms with E-state index < -0.39 is 0 Å². The molecule has 1 saturated heterocycles. The minimum absolute atomic E-state index is 0.133. The lowest BCUT2D eigenvalue weighted by Gasteiger charge is -2.29. The average Bonchev–Trinajstić information content (AvgIpc) is 2.79. The van der Waals surface area contributed by atoms with E-state index in [1.807, 2.05) is 61.5 Å². The Kier molecular flexibility index (Phi) is 5.81. The molecule has 148 valence electrons. The van der Waals surface area contributed by atoms with E-state index in [4.69, 9.17) is 4.74 Å². The van der Waals surface area contributed by atoms with Crippen molar-refractivity contribution in [2.75, 3.05) is 31.2 Å². The van der Waals surface area contributed by atoms with Gasteiger partial charge in [-0.1, -0.05) is 36.4 Å². The van der Waals surface area contributed by atoms with Crippen LogP contribution in [0.3, 0.4) is 0 Å². The molecule has 0 atom stereocenters. The van der Waals surface area contributed by atoms with Gasteiger partial charge in [-0.2, -0.15) is 0 Å². The van der Waals surface area contributed by atoms with Crippen LogP contribution in [0.4, 0.5) is 5.82 Å². The number of aryl methyl sites for hydroxylation is 1. The van der Waals surface area contributed by atoms with Crippen LogP contribution >= 0.6 is 0 Å². The van der Waals surface area contributed by atoms with E-state index in [-0.39, 0.29) is 5.91 Å². The summed E-state index contributed by atoms with van der Waals surface area (Å²) >= 11 is 0. The van der Waals surface area contributed by atoms with E-state index in [1.54, 1.807) is 6.20 Å². The fraction of sp³-hybridized carbons (Fsp3) is 0.261. The molecule has 0 spiro atoms. The van der Waals surface area contributed by atoms with Crippen molar-refractivity contribution in [1.29, 1.82) is 0 Å². The number of amides is 1. The van der Waals surface area contributed by atoms with E-state index in [0.29, 0.717) is 31.0 Å². The fourth-order valence-corrected chi connectivity index (χ4v) is 3.47. The van der Waals surface area contributed by atoms with E-state index in [9.17, 15) is 4.79 Å². The summed E-state index contributed by atoms with van der Waals surface area (Å²) in [5.41, 5.74) is 4.19. The molecule has 0 unspecified atom stereocenters. The molecule has 3 aromatic rings. The Morgan fingerprint density at radius 3 is 2.62 bits per heavy atom. The van der Waals surface area contributed by atoms with Gasteiger partial charge in [-0.05, 0) is 25.1 Å². The van der Waals surface area contributed by atoms with Gasteiger partial charge < -0.3 is 15.0 Å². The van der Waals surface area contributed by atoms with Crippen molar-refractivity contribution in [3.63, 3.8) is 0 Å². The number of aromatic nitrogens is 2. The normalized spacial score (nSPS) is 13.9. The molecule has 3 heterocycles. The van der Waals surface area contributed by atoms with Crippen molar-refractivity contribution >= 4 is 11.7 Å². The maximum atomic E-state index is 12.8. The average molecular weight is 388 g/mol. The Labute approximate surface area is 170 Å². The minimum Gasteiger partial charge on any atom is -0.378 e. The number of hydrogen-bond acceptors (Lipinski definition) is 5. The first kappa shape index (κ1) is 19.1. The largest absolute Gasteiger partial charge is 0.378 e. The lowest BCUT2D eigenvalue weighted by atomic mass is 10.1. The van der Waals surface area contributed by atoms with Crippen LogP contribution in [-0.2, 0) is 11.3 Å². The topological polar surface area (TPSA) is 67.4 Å². The first-order valence-corrected chi connectivity index (χ1v) is 9.80. The molecule has 2 aromatic heterocycles. The summed E-state index contributed by atoms with van der Waals surface area (Å²) in [4.78, 5) is 24.1. The molecular formula is C23H24N4O2. The second kappa shape index (κ2) is 8.84. The molecule has 0 radical (unpaired) electrons. The van der Waals surface area contributed by atoms with Gasteiger partial charge in [0.25, 0.3) is 5.91 Å². The van der Waals surface area contributed by atoms with Gasteiger partial charge in [0.05, 0.1) is 30.2 Å². The summed E-state index contributed by atoms with van der Waals surface area (Å²) in [6.07, 6.45) is 1.78. The maximum Gasteiger partial charge on any atom is 0.253 e. The summed E-state index contributed by atoms with van der Waals surface area (Å²) in [5.74, 6) is 0.775. The number of carbonyl (C=O) groups excluding carboxylic acids is 1. The smallest absolute Gasteiger partial charge is 0.253 e. The van der Waals surface area contributed by atoms with Gasteiger partial charge in [-0.3, -0.25) is 9.78 Å². The molecule has 6 nitrogen and oxygen atoms in total. The van der Waals surface area contributed by atoms with Crippen LogP contribution in [0.2, 0.25) is 0 Å². The molecule has 0 bridgehead atoms. The Balaban J connectivity index is 1.47. The predicted molar refractivity (Wildman–Crippen MR) is 113 cm³/mol. The van der Waals surface area contributed by atoms with Crippen LogP contribution in [0.1, 0.15) is 21.6 Å². The van der Waals surface area contributed by atoms with Crippen LogP contribution in [0.25, 0.3) is 11.3 Å². The predicted octanol–water partition coefficient (Wildman–Crippen LogP) is 3.22. The summed E-state index contributed by atoms with van der Waals surface area (Å²) in [6, 6.07) is 17.6. The third-order valence-corrected chi connectivity index (χ3v) is 5.02. The quantitative estimate of drug-likeness (QED) is 0.727. The lowest BCUT2D eigenvalue weighted by Crippen LogP contribution is -2.37. The van der Waals surface area contributed by atoms with Gasteiger partial charge >= 0.3 is 0 Å². The van der Waals surface area contributed by atoms with E-state index in [0.717, 1.165) is 35.7 Å². The molecule has 1 amide bonds. The highest BCUT2D eigenvalue weighted by Gasteiger charge is 2.17. The second-order valence-corrected chi connectivity index (χ2v) is 6.96. The molecule has 1 aliphatic heterocycles. The monoisotopic (exact) mass is 388 g/mol. The summed E-state index contributed by atoms with van der Waals surface area (Å²) < 4.78 is 5.43. The molecule has 4 rings (SSSR count). The Bertz CT molecular complexity index is 985. The molecule has 1 aromatic carbocycles. The first-order valence-electron chi connectivity index (χ1n) is 9.80. The molecule has 1 N–H and O–H groups in total. The number of benzene rings is 1. The number of nitrogens with zero attached hydrogens (tertiary/aromatic N) is 3. The molecular weight excluding hydrogens is 364 g/mol. The third-order valence-electron chi connectivity index (χ3n) is 5.02. The SMILES string of the molecule is Cc1nc(-c2ccccc2)ccc1C(=O)NCc1cccnc1N1CCOCC1. The second-order valence-electron chi connectivity index (χ2n) is 6.96. The van der Waals surface area contributed by atoms with Crippen LogP contribution in [0.15, 0.2) is 60.8 Å². The third kappa shape index (κ3) is 4.43. The molecule has 29 heavy (non-hydrogen) atoms. The Morgan fingerprint density at radius 1 is 1.07 bits per heavy atom. The molecule has 6 heteroatoms. The van der Waals surface area contributed by atoms with Gasteiger partial charge in [0.2, 0.25) is 0 Å². The Morgan fingerprint density at radius 2 is 1.86 bits per heavy atom. The summed E-state index contributed by atoms with van der Waals surface area (Å²) in [5, 5.41) is 3.02. The minimum atomic E-state index is -0.133. The van der Waals surface area contributed by atoms with Crippen molar-refractivity contribution in [1.82, 2.24) is 15.3 Å². The van der Waals surface area contributed by atoms with Gasteiger partial charge in [0, 0.05) is 37.0 Å². The van der Waals surface area contributed by atoms with Gasteiger partial charge in [0.1, 0.15) is 5.82 Å². The summed E-state index contributed by atoms with van der Waals surface area (Å²) in [6.45, 7) is 5.29. The number of ether oxygens (including phenoxy) is 1. The number of rotatable bonds is 5. The number of morpholine rings is 1. The van der Waals surface area contributed by atoms with E-state index in [1.165, 1.54) is 0 Å².